The first-order valence-electron chi connectivity index (χ1n) is 5.16. The standard InChI is InChI=1S/C11H14ClN3S/c1-6(2)11-14-7(5-13)10(15-11)8-3-4-9(12)16-8/h3-4,6H,5,13H2,1-2H3,(H,14,15). The van der Waals surface area contributed by atoms with Gasteiger partial charge < -0.3 is 10.7 Å². The van der Waals surface area contributed by atoms with Crippen molar-refractivity contribution >= 4 is 22.9 Å². The van der Waals surface area contributed by atoms with Crippen molar-refractivity contribution in [2.24, 2.45) is 5.73 Å². The Bertz CT molecular complexity index is 487. The average Bonchev–Trinajstić information content (AvgIpc) is 2.82. The van der Waals surface area contributed by atoms with Gasteiger partial charge in [-0.15, -0.1) is 11.3 Å². The molecule has 0 unspecified atom stereocenters. The fourth-order valence-electron chi connectivity index (χ4n) is 1.50. The van der Waals surface area contributed by atoms with Crippen molar-refractivity contribution < 1.29 is 0 Å². The van der Waals surface area contributed by atoms with E-state index < -0.39 is 0 Å². The van der Waals surface area contributed by atoms with Crippen LogP contribution in [0.2, 0.25) is 4.34 Å². The van der Waals surface area contributed by atoms with Crippen LogP contribution in [-0.4, -0.2) is 9.97 Å². The summed E-state index contributed by atoms with van der Waals surface area (Å²) in [5, 5.41) is 0. The van der Waals surface area contributed by atoms with E-state index in [1.165, 1.54) is 11.3 Å². The van der Waals surface area contributed by atoms with E-state index in [0.717, 1.165) is 26.4 Å². The third-order valence-corrected chi connectivity index (χ3v) is 3.59. The van der Waals surface area contributed by atoms with Gasteiger partial charge in [0.15, 0.2) is 0 Å². The van der Waals surface area contributed by atoms with Gasteiger partial charge in [0.2, 0.25) is 0 Å². The highest BCUT2D eigenvalue weighted by Gasteiger charge is 2.14. The lowest BCUT2D eigenvalue weighted by atomic mass is 10.2. The summed E-state index contributed by atoms with van der Waals surface area (Å²) >= 11 is 7.45. The summed E-state index contributed by atoms with van der Waals surface area (Å²) in [6.45, 7) is 4.67. The Labute approximate surface area is 104 Å². The third kappa shape index (κ3) is 2.14. The van der Waals surface area contributed by atoms with Gasteiger partial charge in [0.05, 0.1) is 14.9 Å². The molecule has 2 heterocycles. The first kappa shape index (κ1) is 11.6. The van der Waals surface area contributed by atoms with Crippen molar-refractivity contribution in [1.29, 1.82) is 0 Å². The highest BCUT2D eigenvalue weighted by atomic mass is 35.5. The van der Waals surface area contributed by atoms with Crippen LogP contribution in [0.25, 0.3) is 10.6 Å². The number of rotatable bonds is 3. The van der Waals surface area contributed by atoms with Crippen LogP contribution in [0.4, 0.5) is 0 Å². The molecule has 0 spiro atoms. The molecular weight excluding hydrogens is 242 g/mol. The number of hydrogen-bond donors (Lipinski definition) is 2. The summed E-state index contributed by atoms with van der Waals surface area (Å²) < 4.78 is 0.770. The molecule has 2 rings (SSSR count). The number of imidazole rings is 1. The fourth-order valence-corrected chi connectivity index (χ4v) is 2.56. The van der Waals surface area contributed by atoms with Crippen LogP contribution < -0.4 is 5.73 Å². The SMILES string of the molecule is CC(C)c1nc(-c2ccc(Cl)s2)c(CN)[nH]1. The minimum absolute atomic E-state index is 0.370. The van der Waals surface area contributed by atoms with Gasteiger partial charge >= 0.3 is 0 Å². The molecule has 0 radical (unpaired) electrons. The van der Waals surface area contributed by atoms with E-state index in [9.17, 15) is 0 Å². The Hall–Kier alpha value is -0.840. The van der Waals surface area contributed by atoms with Crippen LogP contribution >= 0.6 is 22.9 Å². The summed E-state index contributed by atoms with van der Waals surface area (Å²) in [6, 6.07) is 3.86. The molecule has 0 amide bonds. The van der Waals surface area contributed by atoms with Gasteiger partial charge in [-0.2, -0.15) is 0 Å². The molecule has 0 saturated heterocycles. The molecule has 3 nitrogen and oxygen atoms in total. The molecule has 0 atom stereocenters. The molecule has 3 N–H and O–H groups in total. The monoisotopic (exact) mass is 255 g/mol. The van der Waals surface area contributed by atoms with Crippen molar-refractivity contribution in [2.45, 2.75) is 26.3 Å². The van der Waals surface area contributed by atoms with E-state index in [-0.39, 0.29) is 0 Å². The third-order valence-electron chi connectivity index (χ3n) is 2.35. The summed E-state index contributed by atoms with van der Waals surface area (Å²) in [7, 11) is 0. The van der Waals surface area contributed by atoms with E-state index in [1.54, 1.807) is 0 Å². The van der Waals surface area contributed by atoms with Gasteiger partial charge in [-0.05, 0) is 12.1 Å². The van der Waals surface area contributed by atoms with E-state index in [0.29, 0.717) is 12.5 Å². The number of aromatic nitrogens is 2. The number of H-pyrrole nitrogens is 1. The number of hydrogen-bond acceptors (Lipinski definition) is 3. The molecule has 0 fully saturated rings. The lowest BCUT2D eigenvalue weighted by Crippen LogP contribution is -1.98. The second kappa shape index (κ2) is 4.57. The maximum Gasteiger partial charge on any atom is 0.109 e. The quantitative estimate of drug-likeness (QED) is 0.884. The minimum Gasteiger partial charge on any atom is -0.344 e. The van der Waals surface area contributed by atoms with Gasteiger partial charge in [-0.3, -0.25) is 0 Å². The number of nitrogens with two attached hydrogens (primary N) is 1. The van der Waals surface area contributed by atoms with Gasteiger partial charge in [0.25, 0.3) is 0 Å². The van der Waals surface area contributed by atoms with Gasteiger partial charge in [0, 0.05) is 12.5 Å². The van der Waals surface area contributed by atoms with Gasteiger partial charge in [0.1, 0.15) is 11.5 Å². The summed E-state index contributed by atoms with van der Waals surface area (Å²) in [6.07, 6.45) is 0. The highest BCUT2D eigenvalue weighted by molar-refractivity contribution is 7.19. The Balaban J connectivity index is 2.47. The lowest BCUT2D eigenvalue weighted by molar-refractivity contribution is 0.788. The zero-order chi connectivity index (χ0) is 11.7. The van der Waals surface area contributed by atoms with E-state index in [4.69, 9.17) is 17.3 Å². The highest BCUT2D eigenvalue weighted by Crippen LogP contribution is 2.32. The molecule has 0 aliphatic heterocycles. The van der Waals surface area contributed by atoms with Crippen molar-refractivity contribution in [3.63, 3.8) is 0 Å². The van der Waals surface area contributed by atoms with Crippen molar-refractivity contribution in [3.8, 4) is 10.6 Å². The van der Waals surface area contributed by atoms with Crippen LogP contribution in [0.1, 0.15) is 31.3 Å². The molecule has 0 aliphatic rings. The Morgan fingerprint density at radius 3 is 2.75 bits per heavy atom. The average molecular weight is 256 g/mol. The first-order chi connectivity index (χ1) is 7.61. The smallest absolute Gasteiger partial charge is 0.109 e. The van der Waals surface area contributed by atoms with Crippen molar-refractivity contribution in [1.82, 2.24) is 9.97 Å². The molecule has 0 saturated carbocycles. The Kier molecular flexibility index (Phi) is 3.33. The summed E-state index contributed by atoms with van der Waals surface area (Å²) in [5.41, 5.74) is 7.62. The topological polar surface area (TPSA) is 54.7 Å². The van der Waals surface area contributed by atoms with E-state index in [1.807, 2.05) is 12.1 Å². The molecule has 86 valence electrons. The molecule has 5 heteroatoms. The first-order valence-corrected chi connectivity index (χ1v) is 6.35. The second-order valence-corrected chi connectivity index (χ2v) is 5.63. The molecule has 0 aromatic carbocycles. The second-order valence-electron chi connectivity index (χ2n) is 3.91. The zero-order valence-electron chi connectivity index (χ0n) is 9.25. The molecule has 16 heavy (non-hydrogen) atoms. The fraction of sp³-hybridized carbons (Fsp3) is 0.364. The maximum absolute atomic E-state index is 5.92. The molecule has 0 aliphatic carbocycles. The number of halogens is 1. The largest absolute Gasteiger partial charge is 0.344 e. The van der Waals surface area contributed by atoms with Crippen LogP contribution in [0, 0.1) is 0 Å². The van der Waals surface area contributed by atoms with Crippen molar-refractivity contribution in [2.75, 3.05) is 0 Å². The van der Waals surface area contributed by atoms with E-state index in [2.05, 4.69) is 23.8 Å². The predicted molar refractivity (Wildman–Crippen MR) is 68.9 cm³/mol. The number of aromatic amines is 1. The van der Waals surface area contributed by atoms with Crippen molar-refractivity contribution in [3.05, 3.63) is 28.0 Å². The molecular formula is C11H14ClN3S. The minimum atomic E-state index is 0.370. The van der Waals surface area contributed by atoms with Crippen LogP contribution in [0.3, 0.4) is 0 Å². The summed E-state index contributed by atoms with van der Waals surface area (Å²) in [4.78, 5) is 8.91. The van der Waals surface area contributed by atoms with Crippen LogP contribution in [-0.2, 0) is 6.54 Å². The van der Waals surface area contributed by atoms with Crippen LogP contribution in [0.15, 0.2) is 12.1 Å². The lowest BCUT2D eigenvalue weighted by Gasteiger charge is -1.96. The normalized spacial score (nSPS) is 11.3. The van der Waals surface area contributed by atoms with Crippen LogP contribution in [0.5, 0.6) is 0 Å². The summed E-state index contributed by atoms with van der Waals surface area (Å²) in [5.74, 6) is 1.34. The van der Waals surface area contributed by atoms with Gasteiger partial charge in [-0.25, -0.2) is 4.98 Å². The number of nitrogens with one attached hydrogen (secondary N) is 1. The number of thiophene rings is 1. The Morgan fingerprint density at radius 1 is 1.50 bits per heavy atom. The molecule has 0 bridgehead atoms. The predicted octanol–water partition coefficient (Wildman–Crippen LogP) is 3.37. The molecule has 2 aromatic heterocycles. The van der Waals surface area contributed by atoms with Gasteiger partial charge in [-0.1, -0.05) is 25.4 Å². The zero-order valence-corrected chi connectivity index (χ0v) is 10.8. The molecule has 2 aromatic rings. The van der Waals surface area contributed by atoms with E-state index >= 15 is 0 Å². The maximum atomic E-state index is 5.92. The number of nitrogens with zero attached hydrogens (tertiary/aromatic N) is 1. The Morgan fingerprint density at radius 2 is 2.25 bits per heavy atom.